The molecule has 1 saturated carbocycles. The highest BCUT2D eigenvalue weighted by Crippen LogP contribution is 2.40. The van der Waals surface area contributed by atoms with Crippen LogP contribution in [0.3, 0.4) is 0 Å². The van der Waals surface area contributed by atoms with Gasteiger partial charge in [-0.05, 0) is 49.6 Å². The van der Waals surface area contributed by atoms with Crippen molar-refractivity contribution in [2.45, 2.75) is 63.4 Å². The Morgan fingerprint density at radius 2 is 1.73 bits per heavy atom. The number of ketones is 1. The number of aromatic nitrogens is 3. The van der Waals surface area contributed by atoms with Gasteiger partial charge >= 0.3 is 0 Å². The molecule has 1 aromatic heterocycles. The number of rotatable bonds is 8. The van der Waals surface area contributed by atoms with Crippen molar-refractivity contribution in [2.75, 3.05) is 5.32 Å². The topological polar surface area (TPSA) is 76.9 Å². The molecular formula is C26H30N4O2S. The lowest BCUT2D eigenvalue weighted by Gasteiger charge is -2.18. The number of anilines is 1. The SMILES string of the molecule is CC(Sc1nnc(C2CC2)n1Cc1ccccc1)C(=O)c1ccc(NC(=O)C(C)(C)C)cc1. The van der Waals surface area contributed by atoms with Crippen LogP contribution in [0.25, 0.3) is 0 Å². The quantitative estimate of drug-likeness (QED) is 0.351. The maximum atomic E-state index is 13.1. The van der Waals surface area contributed by atoms with Crippen molar-refractivity contribution >= 4 is 29.1 Å². The molecule has 172 valence electrons. The lowest BCUT2D eigenvalue weighted by molar-refractivity contribution is -0.123. The summed E-state index contributed by atoms with van der Waals surface area (Å²) in [6, 6.07) is 17.3. The third-order valence-corrected chi connectivity index (χ3v) is 6.71. The Labute approximate surface area is 199 Å². The highest BCUT2D eigenvalue weighted by molar-refractivity contribution is 8.00. The van der Waals surface area contributed by atoms with E-state index in [-0.39, 0.29) is 16.9 Å². The first-order chi connectivity index (χ1) is 15.7. The molecule has 0 aliphatic heterocycles. The first-order valence-electron chi connectivity index (χ1n) is 11.3. The molecule has 3 aromatic rings. The standard InChI is InChI=1S/C26H30N4O2S/c1-17(22(31)19-12-14-21(15-13-19)27-24(32)26(2,3)4)33-25-29-28-23(20-10-11-20)30(25)16-18-8-6-5-7-9-18/h5-9,12-15,17,20H,10-11,16H2,1-4H3,(H,27,32). The fourth-order valence-corrected chi connectivity index (χ4v) is 4.36. The third-order valence-electron chi connectivity index (χ3n) is 5.63. The van der Waals surface area contributed by atoms with Crippen molar-refractivity contribution in [1.82, 2.24) is 14.8 Å². The van der Waals surface area contributed by atoms with Gasteiger partial charge < -0.3 is 9.88 Å². The van der Waals surface area contributed by atoms with E-state index in [4.69, 9.17) is 0 Å². The number of thioether (sulfide) groups is 1. The summed E-state index contributed by atoms with van der Waals surface area (Å²) in [6.45, 7) is 8.20. The fraction of sp³-hybridized carbons (Fsp3) is 0.385. The van der Waals surface area contributed by atoms with E-state index in [1.165, 1.54) is 17.3 Å². The van der Waals surface area contributed by atoms with E-state index >= 15 is 0 Å². The van der Waals surface area contributed by atoms with Crippen LogP contribution in [0.4, 0.5) is 5.69 Å². The van der Waals surface area contributed by atoms with Gasteiger partial charge in [-0.15, -0.1) is 10.2 Å². The summed E-state index contributed by atoms with van der Waals surface area (Å²) in [7, 11) is 0. The van der Waals surface area contributed by atoms with Crippen molar-refractivity contribution in [3.8, 4) is 0 Å². The van der Waals surface area contributed by atoms with Gasteiger partial charge in [0.15, 0.2) is 10.9 Å². The van der Waals surface area contributed by atoms with Gasteiger partial charge in [0.2, 0.25) is 5.91 Å². The van der Waals surface area contributed by atoms with E-state index in [9.17, 15) is 9.59 Å². The van der Waals surface area contributed by atoms with Gasteiger partial charge in [-0.1, -0.05) is 62.9 Å². The first-order valence-corrected chi connectivity index (χ1v) is 12.2. The Morgan fingerprint density at radius 1 is 1.06 bits per heavy atom. The summed E-state index contributed by atoms with van der Waals surface area (Å²) >= 11 is 1.45. The van der Waals surface area contributed by atoms with Crippen LogP contribution in [0.2, 0.25) is 0 Å². The highest BCUT2D eigenvalue weighted by atomic mass is 32.2. The van der Waals surface area contributed by atoms with Gasteiger partial charge in [0.1, 0.15) is 5.82 Å². The van der Waals surface area contributed by atoms with E-state index in [2.05, 4.69) is 32.2 Å². The van der Waals surface area contributed by atoms with Crippen LogP contribution in [0, 0.1) is 5.41 Å². The molecular weight excluding hydrogens is 432 g/mol. The van der Waals surface area contributed by atoms with Crippen LogP contribution in [0.15, 0.2) is 59.8 Å². The average molecular weight is 463 g/mol. The van der Waals surface area contributed by atoms with Crippen LogP contribution in [-0.4, -0.2) is 31.7 Å². The van der Waals surface area contributed by atoms with Crippen molar-refractivity contribution in [2.24, 2.45) is 5.41 Å². The number of amides is 1. The average Bonchev–Trinajstić information content (AvgIpc) is 3.56. The Morgan fingerprint density at radius 3 is 2.33 bits per heavy atom. The minimum atomic E-state index is -0.478. The second-order valence-electron chi connectivity index (χ2n) is 9.59. The summed E-state index contributed by atoms with van der Waals surface area (Å²) < 4.78 is 2.16. The molecule has 4 rings (SSSR count). The van der Waals surface area contributed by atoms with Gasteiger partial charge in [-0.3, -0.25) is 9.59 Å². The number of hydrogen-bond acceptors (Lipinski definition) is 5. The zero-order chi connectivity index (χ0) is 23.6. The van der Waals surface area contributed by atoms with Crippen LogP contribution in [0.1, 0.15) is 68.2 Å². The number of nitrogens with one attached hydrogen (secondary N) is 1. The van der Waals surface area contributed by atoms with E-state index in [0.717, 1.165) is 23.8 Å². The monoisotopic (exact) mass is 462 g/mol. The maximum Gasteiger partial charge on any atom is 0.229 e. The molecule has 1 unspecified atom stereocenters. The molecule has 7 heteroatoms. The Kier molecular flexibility index (Phi) is 6.70. The van der Waals surface area contributed by atoms with E-state index in [1.807, 2.05) is 45.9 Å². The summed E-state index contributed by atoms with van der Waals surface area (Å²) in [5.74, 6) is 1.45. The second kappa shape index (κ2) is 9.51. The summed E-state index contributed by atoms with van der Waals surface area (Å²) in [6.07, 6.45) is 2.29. The molecule has 0 radical (unpaired) electrons. The number of carbonyl (C=O) groups is 2. The molecule has 1 aliphatic rings. The zero-order valence-corrected chi connectivity index (χ0v) is 20.4. The van der Waals surface area contributed by atoms with E-state index in [0.29, 0.717) is 23.7 Å². The normalized spacial score (nSPS) is 14.7. The summed E-state index contributed by atoms with van der Waals surface area (Å²) in [5, 5.41) is 12.2. The molecule has 1 N–H and O–H groups in total. The van der Waals surface area contributed by atoms with Crippen molar-refractivity contribution < 1.29 is 9.59 Å². The third kappa shape index (κ3) is 5.71. The maximum absolute atomic E-state index is 13.1. The molecule has 1 heterocycles. The molecule has 0 spiro atoms. The second-order valence-corrected chi connectivity index (χ2v) is 10.9. The lowest BCUT2D eigenvalue weighted by Crippen LogP contribution is -2.27. The van der Waals surface area contributed by atoms with Crippen LogP contribution < -0.4 is 5.32 Å². The van der Waals surface area contributed by atoms with Crippen molar-refractivity contribution in [3.05, 3.63) is 71.5 Å². The fourth-order valence-electron chi connectivity index (χ4n) is 3.43. The van der Waals surface area contributed by atoms with E-state index < -0.39 is 5.41 Å². The molecule has 33 heavy (non-hydrogen) atoms. The number of carbonyl (C=O) groups excluding carboxylic acids is 2. The predicted molar refractivity (Wildman–Crippen MR) is 132 cm³/mol. The zero-order valence-electron chi connectivity index (χ0n) is 19.5. The minimum Gasteiger partial charge on any atom is -0.326 e. The smallest absolute Gasteiger partial charge is 0.229 e. The number of nitrogens with zero attached hydrogens (tertiary/aromatic N) is 3. The van der Waals surface area contributed by atoms with Gasteiger partial charge in [0, 0.05) is 22.6 Å². The van der Waals surface area contributed by atoms with Gasteiger partial charge in [0.05, 0.1) is 11.8 Å². The molecule has 1 fully saturated rings. The highest BCUT2D eigenvalue weighted by Gasteiger charge is 2.31. The van der Waals surface area contributed by atoms with Crippen molar-refractivity contribution in [1.29, 1.82) is 0 Å². The molecule has 1 amide bonds. The molecule has 2 aromatic carbocycles. The Bertz CT molecular complexity index is 1130. The Balaban J connectivity index is 1.46. The molecule has 6 nitrogen and oxygen atoms in total. The molecule has 1 atom stereocenters. The number of hydrogen-bond donors (Lipinski definition) is 1. The van der Waals surface area contributed by atoms with E-state index in [1.54, 1.807) is 24.3 Å². The number of benzene rings is 2. The number of Topliss-reactive ketones (excluding diaryl/α,β-unsaturated/α-hetero) is 1. The van der Waals surface area contributed by atoms with Gasteiger partial charge in [-0.25, -0.2) is 0 Å². The van der Waals surface area contributed by atoms with Crippen molar-refractivity contribution in [3.63, 3.8) is 0 Å². The lowest BCUT2D eigenvalue weighted by atomic mass is 9.95. The van der Waals surface area contributed by atoms with Crippen LogP contribution in [-0.2, 0) is 11.3 Å². The molecule has 0 saturated heterocycles. The summed E-state index contributed by atoms with van der Waals surface area (Å²) in [4.78, 5) is 25.3. The van der Waals surface area contributed by atoms with Crippen LogP contribution >= 0.6 is 11.8 Å². The largest absolute Gasteiger partial charge is 0.326 e. The summed E-state index contributed by atoms with van der Waals surface area (Å²) in [5.41, 5.74) is 2.01. The van der Waals surface area contributed by atoms with Crippen LogP contribution in [0.5, 0.6) is 0 Å². The first kappa shape index (κ1) is 23.2. The Hall–Kier alpha value is -2.93. The minimum absolute atomic E-state index is 0.0240. The molecule has 1 aliphatic carbocycles. The van der Waals surface area contributed by atoms with Gasteiger partial charge in [0.25, 0.3) is 0 Å². The van der Waals surface area contributed by atoms with Gasteiger partial charge in [-0.2, -0.15) is 0 Å². The predicted octanol–water partition coefficient (Wildman–Crippen LogP) is 5.55. The molecule has 0 bridgehead atoms.